The van der Waals surface area contributed by atoms with Gasteiger partial charge in [0.25, 0.3) is 11.7 Å². The van der Waals surface area contributed by atoms with Gasteiger partial charge in [0.05, 0.1) is 12.2 Å². The number of anilines is 1. The molecule has 6 nitrogen and oxygen atoms in total. The number of benzene rings is 2. The summed E-state index contributed by atoms with van der Waals surface area (Å²) in [6.45, 7) is 8.09. The number of rotatable bonds is 5. The van der Waals surface area contributed by atoms with Gasteiger partial charge >= 0.3 is 0 Å². The first-order valence-electron chi connectivity index (χ1n) is 10.5. The Morgan fingerprint density at radius 3 is 2.31 bits per heavy atom. The largest absolute Gasteiger partial charge is 0.507 e. The van der Waals surface area contributed by atoms with Crippen LogP contribution in [0.5, 0.6) is 5.75 Å². The Morgan fingerprint density at radius 1 is 1.00 bits per heavy atom. The van der Waals surface area contributed by atoms with Crippen LogP contribution in [0.1, 0.15) is 41.2 Å². The molecule has 2 heterocycles. The summed E-state index contributed by atoms with van der Waals surface area (Å²) in [7, 11) is 0. The third-order valence-corrected chi connectivity index (χ3v) is 5.68. The van der Waals surface area contributed by atoms with Crippen LogP contribution in [-0.2, 0) is 9.59 Å². The zero-order valence-electron chi connectivity index (χ0n) is 18.5. The van der Waals surface area contributed by atoms with E-state index in [2.05, 4.69) is 0 Å². The number of nitrogens with zero attached hydrogens (tertiary/aromatic N) is 1. The molecule has 0 saturated carbocycles. The Bertz CT molecular complexity index is 1220. The maximum atomic E-state index is 13.1. The quantitative estimate of drug-likeness (QED) is 0.340. The van der Waals surface area contributed by atoms with Gasteiger partial charge in [0.2, 0.25) is 0 Å². The number of carbonyl (C=O) groups is 2. The fraction of sp³-hybridized carbons (Fsp3) is 0.231. The number of aliphatic hydroxyl groups is 1. The summed E-state index contributed by atoms with van der Waals surface area (Å²) in [5, 5.41) is 11.2. The molecule has 4 rings (SSSR count). The predicted molar refractivity (Wildman–Crippen MR) is 122 cm³/mol. The lowest BCUT2D eigenvalue weighted by atomic mass is 9.97. The molecule has 2 aromatic carbocycles. The fourth-order valence-electron chi connectivity index (χ4n) is 3.88. The molecule has 1 N–H and O–H groups in total. The Morgan fingerprint density at radius 2 is 1.72 bits per heavy atom. The summed E-state index contributed by atoms with van der Waals surface area (Å²) >= 11 is 0. The van der Waals surface area contributed by atoms with Gasteiger partial charge in [0.1, 0.15) is 29.1 Å². The third-order valence-electron chi connectivity index (χ3n) is 5.68. The molecule has 0 spiro atoms. The van der Waals surface area contributed by atoms with Gasteiger partial charge in [0, 0.05) is 11.3 Å². The van der Waals surface area contributed by atoms with E-state index in [1.165, 1.54) is 4.90 Å². The fourth-order valence-corrected chi connectivity index (χ4v) is 3.88. The van der Waals surface area contributed by atoms with Crippen LogP contribution in [0.4, 0.5) is 5.69 Å². The van der Waals surface area contributed by atoms with Crippen molar-refractivity contribution in [3.05, 3.63) is 88.4 Å². The molecule has 0 aliphatic carbocycles. The molecule has 1 saturated heterocycles. The lowest BCUT2D eigenvalue weighted by Crippen LogP contribution is -2.29. The smallest absolute Gasteiger partial charge is 0.300 e. The highest BCUT2D eigenvalue weighted by Crippen LogP contribution is 2.43. The van der Waals surface area contributed by atoms with Crippen LogP contribution in [0.2, 0.25) is 0 Å². The topological polar surface area (TPSA) is 80.0 Å². The van der Waals surface area contributed by atoms with Crippen molar-refractivity contribution in [2.75, 3.05) is 11.5 Å². The van der Waals surface area contributed by atoms with Crippen LogP contribution in [-0.4, -0.2) is 23.4 Å². The second kappa shape index (κ2) is 8.38. The van der Waals surface area contributed by atoms with E-state index >= 15 is 0 Å². The maximum Gasteiger partial charge on any atom is 0.300 e. The SMILES string of the molecule is CCOc1ccc(N2C(=O)C(=O)/C(=C(\O)c3ccc(C)c(C)c3)C2c2ccc(C)o2)cc1. The van der Waals surface area contributed by atoms with Gasteiger partial charge in [0.15, 0.2) is 0 Å². The normalized spacial score (nSPS) is 17.8. The first kappa shape index (κ1) is 21.4. The van der Waals surface area contributed by atoms with Crippen LogP contribution in [0.3, 0.4) is 0 Å². The van der Waals surface area contributed by atoms with Gasteiger partial charge in [-0.2, -0.15) is 0 Å². The van der Waals surface area contributed by atoms with Crippen molar-refractivity contribution in [3.63, 3.8) is 0 Å². The van der Waals surface area contributed by atoms with Crippen molar-refractivity contribution >= 4 is 23.1 Å². The highest BCUT2D eigenvalue weighted by molar-refractivity contribution is 6.51. The molecule has 1 unspecified atom stereocenters. The van der Waals surface area contributed by atoms with Gasteiger partial charge < -0.3 is 14.3 Å². The van der Waals surface area contributed by atoms with Gasteiger partial charge in [-0.25, -0.2) is 0 Å². The summed E-state index contributed by atoms with van der Waals surface area (Å²) in [6, 6.07) is 14.9. The van der Waals surface area contributed by atoms with Crippen LogP contribution in [0, 0.1) is 20.8 Å². The van der Waals surface area contributed by atoms with E-state index in [9.17, 15) is 14.7 Å². The van der Waals surface area contributed by atoms with Crippen molar-refractivity contribution in [3.8, 4) is 5.75 Å². The van der Waals surface area contributed by atoms with Gasteiger partial charge in [-0.15, -0.1) is 0 Å². The average Bonchev–Trinajstić information content (AvgIpc) is 3.31. The summed E-state index contributed by atoms with van der Waals surface area (Å²) in [5.74, 6) is 0.00370. The van der Waals surface area contributed by atoms with Crippen LogP contribution in [0.25, 0.3) is 5.76 Å². The average molecular weight is 431 g/mol. The number of Topliss-reactive ketones (excluding diaryl/α,β-unsaturated/α-hetero) is 1. The zero-order chi connectivity index (χ0) is 23.0. The molecule has 0 bridgehead atoms. The van der Waals surface area contributed by atoms with Crippen molar-refractivity contribution in [2.24, 2.45) is 0 Å². The molecule has 0 radical (unpaired) electrons. The van der Waals surface area contributed by atoms with Gasteiger partial charge in [-0.3, -0.25) is 14.5 Å². The number of hydrogen-bond donors (Lipinski definition) is 1. The van der Waals surface area contributed by atoms with E-state index in [1.54, 1.807) is 55.5 Å². The number of ether oxygens (including phenoxy) is 1. The Kier molecular flexibility index (Phi) is 5.61. The first-order valence-corrected chi connectivity index (χ1v) is 10.5. The lowest BCUT2D eigenvalue weighted by molar-refractivity contribution is -0.132. The second-order valence-corrected chi connectivity index (χ2v) is 7.84. The van der Waals surface area contributed by atoms with Crippen LogP contribution in [0.15, 0.2) is 64.6 Å². The van der Waals surface area contributed by atoms with Crippen molar-refractivity contribution in [1.82, 2.24) is 0 Å². The zero-order valence-corrected chi connectivity index (χ0v) is 18.5. The monoisotopic (exact) mass is 431 g/mol. The molecule has 3 aromatic rings. The molecule has 1 aromatic heterocycles. The number of hydrogen-bond acceptors (Lipinski definition) is 5. The molecule has 1 amide bonds. The van der Waals surface area contributed by atoms with Crippen LogP contribution >= 0.6 is 0 Å². The number of amides is 1. The Labute approximate surface area is 186 Å². The number of ketones is 1. The number of furan rings is 1. The third kappa shape index (κ3) is 3.68. The number of carbonyl (C=O) groups excluding carboxylic acids is 2. The van der Waals surface area contributed by atoms with E-state index in [4.69, 9.17) is 9.15 Å². The van der Waals surface area contributed by atoms with E-state index < -0.39 is 17.7 Å². The van der Waals surface area contributed by atoms with E-state index in [0.29, 0.717) is 35.1 Å². The number of aryl methyl sites for hydroxylation is 3. The maximum absolute atomic E-state index is 13.1. The molecule has 1 aliphatic heterocycles. The molecule has 32 heavy (non-hydrogen) atoms. The predicted octanol–water partition coefficient (Wildman–Crippen LogP) is 5.23. The lowest BCUT2D eigenvalue weighted by Gasteiger charge is -2.23. The highest BCUT2D eigenvalue weighted by atomic mass is 16.5. The highest BCUT2D eigenvalue weighted by Gasteiger charge is 2.48. The van der Waals surface area contributed by atoms with Crippen LogP contribution < -0.4 is 9.64 Å². The molecular formula is C26H25NO5. The minimum atomic E-state index is -0.886. The standard InChI is InChI=1S/C26H25NO5/c1-5-31-20-11-9-19(10-12-20)27-23(21-13-7-17(4)32-21)22(25(29)26(27)30)24(28)18-8-6-15(2)16(3)14-18/h6-14,23,28H,5H2,1-4H3/b24-22-. The van der Waals surface area contributed by atoms with Gasteiger partial charge in [-0.05, 0) is 81.3 Å². The summed E-state index contributed by atoms with van der Waals surface area (Å²) in [5.41, 5.74) is 3.02. The summed E-state index contributed by atoms with van der Waals surface area (Å²) in [4.78, 5) is 27.6. The summed E-state index contributed by atoms with van der Waals surface area (Å²) in [6.07, 6.45) is 0. The van der Waals surface area contributed by atoms with E-state index in [1.807, 2.05) is 26.8 Å². The Balaban J connectivity index is 1.88. The summed E-state index contributed by atoms with van der Waals surface area (Å²) < 4.78 is 11.3. The second-order valence-electron chi connectivity index (χ2n) is 7.84. The number of aliphatic hydroxyl groups excluding tert-OH is 1. The molecule has 164 valence electrons. The molecule has 1 atom stereocenters. The Hall–Kier alpha value is -3.80. The van der Waals surface area contributed by atoms with E-state index in [-0.39, 0.29) is 11.3 Å². The molecule has 1 fully saturated rings. The van der Waals surface area contributed by atoms with Gasteiger partial charge in [-0.1, -0.05) is 12.1 Å². The molecule has 1 aliphatic rings. The minimum absolute atomic E-state index is 0.00138. The van der Waals surface area contributed by atoms with Crippen molar-refractivity contribution in [2.45, 2.75) is 33.7 Å². The van der Waals surface area contributed by atoms with Crippen molar-refractivity contribution in [1.29, 1.82) is 0 Å². The molecule has 6 heteroatoms. The molecular weight excluding hydrogens is 406 g/mol. The minimum Gasteiger partial charge on any atom is -0.507 e. The first-order chi connectivity index (χ1) is 15.3. The van der Waals surface area contributed by atoms with Crippen molar-refractivity contribution < 1.29 is 23.8 Å². The van der Waals surface area contributed by atoms with E-state index in [0.717, 1.165) is 11.1 Å².